The second-order valence-electron chi connectivity index (χ2n) is 5.14. The topological polar surface area (TPSA) is 97.1 Å². The predicted molar refractivity (Wildman–Crippen MR) is 89.8 cm³/mol. The lowest BCUT2D eigenvalue weighted by atomic mass is 10.1. The van der Waals surface area contributed by atoms with Crippen molar-refractivity contribution in [3.63, 3.8) is 0 Å². The first kappa shape index (κ1) is 16.5. The lowest BCUT2D eigenvalue weighted by Gasteiger charge is -2.08. The Morgan fingerprint density at radius 3 is 2.57 bits per heavy atom. The van der Waals surface area contributed by atoms with Gasteiger partial charge < -0.3 is 16.4 Å². The van der Waals surface area contributed by atoms with Crippen molar-refractivity contribution in [1.82, 2.24) is 10.3 Å². The SMILES string of the molecule is CCCC(=O)NCc1ccc(C(=O)Nc2ccncc2N)cc1. The van der Waals surface area contributed by atoms with E-state index in [0.717, 1.165) is 12.0 Å². The van der Waals surface area contributed by atoms with Gasteiger partial charge in [0.05, 0.1) is 17.6 Å². The first-order valence-electron chi connectivity index (χ1n) is 7.46. The van der Waals surface area contributed by atoms with E-state index in [1.165, 1.54) is 6.20 Å². The molecule has 2 amide bonds. The largest absolute Gasteiger partial charge is 0.396 e. The molecule has 0 aliphatic heterocycles. The number of rotatable bonds is 6. The molecule has 0 radical (unpaired) electrons. The maximum atomic E-state index is 12.2. The number of nitrogen functional groups attached to an aromatic ring is 1. The van der Waals surface area contributed by atoms with Crippen LogP contribution in [-0.4, -0.2) is 16.8 Å². The lowest BCUT2D eigenvalue weighted by molar-refractivity contribution is -0.121. The van der Waals surface area contributed by atoms with Crippen LogP contribution in [0.15, 0.2) is 42.7 Å². The van der Waals surface area contributed by atoms with Gasteiger partial charge in [-0.2, -0.15) is 0 Å². The second kappa shape index (κ2) is 7.93. The van der Waals surface area contributed by atoms with E-state index in [1.54, 1.807) is 24.4 Å². The highest BCUT2D eigenvalue weighted by Crippen LogP contribution is 2.16. The zero-order valence-electron chi connectivity index (χ0n) is 13.0. The molecule has 1 heterocycles. The highest BCUT2D eigenvalue weighted by atomic mass is 16.2. The average molecular weight is 312 g/mol. The van der Waals surface area contributed by atoms with Crippen LogP contribution < -0.4 is 16.4 Å². The highest BCUT2D eigenvalue weighted by Gasteiger charge is 2.08. The molecule has 1 aromatic heterocycles. The number of nitrogens with zero attached hydrogens (tertiary/aromatic N) is 1. The van der Waals surface area contributed by atoms with Crippen molar-refractivity contribution in [2.24, 2.45) is 0 Å². The van der Waals surface area contributed by atoms with Crippen molar-refractivity contribution < 1.29 is 9.59 Å². The molecule has 6 heteroatoms. The number of nitrogens with one attached hydrogen (secondary N) is 2. The molecule has 0 fully saturated rings. The van der Waals surface area contributed by atoms with Crippen LogP contribution in [0.4, 0.5) is 11.4 Å². The van der Waals surface area contributed by atoms with Crippen LogP contribution in [0.1, 0.15) is 35.7 Å². The van der Waals surface area contributed by atoms with Gasteiger partial charge in [0, 0.05) is 24.7 Å². The van der Waals surface area contributed by atoms with Gasteiger partial charge in [-0.3, -0.25) is 14.6 Å². The normalized spacial score (nSPS) is 10.1. The number of aromatic nitrogens is 1. The number of benzene rings is 1. The molecule has 0 bridgehead atoms. The summed E-state index contributed by atoms with van der Waals surface area (Å²) in [5.74, 6) is -0.216. The van der Waals surface area contributed by atoms with Gasteiger partial charge in [-0.25, -0.2) is 0 Å². The van der Waals surface area contributed by atoms with Crippen LogP contribution in [0.2, 0.25) is 0 Å². The summed E-state index contributed by atoms with van der Waals surface area (Å²) in [4.78, 5) is 27.5. The summed E-state index contributed by atoms with van der Waals surface area (Å²) in [6.07, 6.45) is 4.39. The van der Waals surface area contributed by atoms with E-state index >= 15 is 0 Å². The van der Waals surface area contributed by atoms with E-state index in [1.807, 2.05) is 19.1 Å². The van der Waals surface area contributed by atoms with Crippen LogP contribution in [0.25, 0.3) is 0 Å². The summed E-state index contributed by atoms with van der Waals surface area (Å²) >= 11 is 0. The van der Waals surface area contributed by atoms with Crippen molar-refractivity contribution in [3.05, 3.63) is 53.9 Å². The summed E-state index contributed by atoms with van der Waals surface area (Å²) in [7, 11) is 0. The highest BCUT2D eigenvalue weighted by molar-refractivity contribution is 6.05. The first-order valence-corrected chi connectivity index (χ1v) is 7.46. The Hall–Kier alpha value is -2.89. The monoisotopic (exact) mass is 312 g/mol. The van der Waals surface area contributed by atoms with E-state index in [0.29, 0.717) is 29.9 Å². The number of carbonyl (C=O) groups is 2. The van der Waals surface area contributed by atoms with Crippen molar-refractivity contribution in [3.8, 4) is 0 Å². The molecule has 6 nitrogen and oxygen atoms in total. The fourth-order valence-corrected chi connectivity index (χ4v) is 2.01. The van der Waals surface area contributed by atoms with Gasteiger partial charge in [0.2, 0.25) is 5.91 Å². The molecular formula is C17H20N4O2. The number of pyridine rings is 1. The van der Waals surface area contributed by atoms with Crippen LogP contribution in [0, 0.1) is 0 Å². The molecule has 23 heavy (non-hydrogen) atoms. The molecule has 0 unspecified atom stereocenters. The van der Waals surface area contributed by atoms with Gasteiger partial charge in [-0.05, 0) is 30.2 Å². The molecule has 0 atom stereocenters. The van der Waals surface area contributed by atoms with Crippen molar-refractivity contribution >= 4 is 23.2 Å². The van der Waals surface area contributed by atoms with Crippen LogP contribution in [0.3, 0.4) is 0 Å². The van der Waals surface area contributed by atoms with Crippen LogP contribution in [0.5, 0.6) is 0 Å². The minimum atomic E-state index is -0.246. The molecule has 0 spiro atoms. The Bertz CT molecular complexity index is 683. The van der Waals surface area contributed by atoms with E-state index in [9.17, 15) is 9.59 Å². The van der Waals surface area contributed by atoms with Crippen molar-refractivity contribution in [1.29, 1.82) is 0 Å². The molecule has 2 aromatic rings. The zero-order valence-corrected chi connectivity index (χ0v) is 13.0. The molecule has 2 rings (SSSR count). The number of anilines is 2. The fraction of sp³-hybridized carbons (Fsp3) is 0.235. The third-order valence-corrected chi connectivity index (χ3v) is 3.28. The lowest BCUT2D eigenvalue weighted by Crippen LogP contribution is -2.22. The third-order valence-electron chi connectivity index (χ3n) is 3.28. The van der Waals surface area contributed by atoms with Gasteiger partial charge in [-0.1, -0.05) is 19.1 Å². The number of carbonyl (C=O) groups excluding carboxylic acids is 2. The number of amides is 2. The summed E-state index contributed by atoms with van der Waals surface area (Å²) in [5.41, 5.74) is 8.15. The Morgan fingerprint density at radius 1 is 1.17 bits per heavy atom. The van der Waals surface area contributed by atoms with E-state index < -0.39 is 0 Å². The van der Waals surface area contributed by atoms with E-state index in [2.05, 4.69) is 15.6 Å². The quantitative estimate of drug-likeness (QED) is 0.762. The van der Waals surface area contributed by atoms with Crippen molar-refractivity contribution in [2.45, 2.75) is 26.3 Å². The minimum Gasteiger partial charge on any atom is -0.396 e. The molecule has 120 valence electrons. The summed E-state index contributed by atoms with van der Waals surface area (Å²) < 4.78 is 0. The standard InChI is InChI=1S/C17H20N4O2/c1-2-3-16(22)20-10-12-4-6-13(7-5-12)17(23)21-15-8-9-19-11-14(15)18/h4-9,11H,2-3,10,18H2,1H3,(H,20,22)(H,19,21,23). The number of nitrogens with two attached hydrogens (primary N) is 1. The third kappa shape index (κ3) is 4.81. The van der Waals surface area contributed by atoms with Gasteiger partial charge in [0.1, 0.15) is 0 Å². The predicted octanol–water partition coefficient (Wildman–Crippen LogP) is 2.33. The fourth-order valence-electron chi connectivity index (χ4n) is 2.01. The van der Waals surface area contributed by atoms with Crippen LogP contribution in [-0.2, 0) is 11.3 Å². The van der Waals surface area contributed by atoms with Gasteiger partial charge in [0.25, 0.3) is 5.91 Å². The first-order chi connectivity index (χ1) is 11.1. The van der Waals surface area contributed by atoms with Crippen LogP contribution >= 0.6 is 0 Å². The molecule has 4 N–H and O–H groups in total. The van der Waals surface area contributed by atoms with Gasteiger partial charge in [-0.15, -0.1) is 0 Å². The Morgan fingerprint density at radius 2 is 1.91 bits per heavy atom. The van der Waals surface area contributed by atoms with Gasteiger partial charge >= 0.3 is 0 Å². The summed E-state index contributed by atoms with van der Waals surface area (Å²) in [6.45, 7) is 2.42. The molecule has 0 aliphatic carbocycles. The molecule has 0 aliphatic rings. The average Bonchev–Trinajstić information content (AvgIpc) is 2.56. The maximum Gasteiger partial charge on any atom is 0.255 e. The number of hydrogen-bond acceptors (Lipinski definition) is 4. The molecule has 0 saturated carbocycles. The molecule has 0 saturated heterocycles. The van der Waals surface area contributed by atoms with E-state index in [4.69, 9.17) is 5.73 Å². The Balaban J connectivity index is 1.95. The summed E-state index contributed by atoms with van der Waals surface area (Å²) in [6, 6.07) is 8.71. The van der Waals surface area contributed by atoms with Gasteiger partial charge in [0.15, 0.2) is 0 Å². The minimum absolute atomic E-state index is 0.0301. The maximum absolute atomic E-state index is 12.2. The Labute approximate surface area is 135 Å². The number of hydrogen-bond donors (Lipinski definition) is 3. The van der Waals surface area contributed by atoms with Crippen molar-refractivity contribution in [2.75, 3.05) is 11.1 Å². The van der Waals surface area contributed by atoms with E-state index in [-0.39, 0.29) is 11.8 Å². The molecular weight excluding hydrogens is 292 g/mol. The second-order valence-corrected chi connectivity index (χ2v) is 5.14. The summed E-state index contributed by atoms with van der Waals surface area (Å²) in [5, 5.41) is 5.57. The Kier molecular flexibility index (Phi) is 5.68. The smallest absolute Gasteiger partial charge is 0.255 e. The zero-order chi connectivity index (χ0) is 16.7. The molecule has 1 aromatic carbocycles.